The van der Waals surface area contributed by atoms with E-state index in [1.807, 2.05) is 16.7 Å². The van der Waals surface area contributed by atoms with Crippen LogP contribution in [0, 0.1) is 16.6 Å². The Labute approximate surface area is 245 Å². The average molecular weight is 588 g/mol. The first-order chi connectivity index (χ1) is 19.8. The van der Waals surface area contributed by atoms with Gasteiger partial charge >= 0.3 is 0 Å². The number of nitrogens with one attached hydrogen (secondary N) is 1. The minimum atomic E-state index is -3.80. The first-order valence-electron chi connectivity index (χ1n) is 14.1. The van der Waals surface area contributed by atoms with Crippen molar-refractivity contribution >= 4 is 38.3 Å². The second kappa shape index (κ2) is 10.2. The van der Waals surface area contributed by atoms with E-state index in [4.69, 9.17) is 0 Å². The van der Waals surface area contributed by atoms with Crippen LogP contribution in [0.15, 0.2) is 83.9 Å². The Bertz CT molecular complexity index is 1810. The first kappa shape index (κ1) is 28.3. The summed E-state index contributed by atoms with van der Waals surface area (Å²) >= 11 is 0. The van der Waals surface area contributed by atoms with E-state index in [9.17, 15) is 22.4 Å². The molecule has 1 N–H and O–H groups in total. The summed E-state index contributed by atoms with van der Waals surface area (Å²) in [5.41, 5.74) is 2.08. The molecular weight excluding hydrogens is 553 g/mol. The van der Waals surface area contributed by atoms with Gasteiger partial charge in [0.15, 0.2) is 0 Å². The molecule has 1 aliphatic heterocycles. The second-order valence-electron chi connectivity index (χ2n) is 12.9. The number of amides is 1. The molecule has 2 heterocycles. The number of para-hydroxylation sites is 1. The minimum absolute atomic E-state index is 0.0594. The molecule has 2 atom stereocenters. The molecule has 1 amide bonds. The normalized spacial score (nSPS) is 21.9. The lowest BCUT2D eigenvalue weighted by Gasteiger charge is -2.39. The van der Waals surface area contributed by atoms with Crippen LogP contribution in [0.3, 0.4) is 0 Å². The van der Waals surface area contributed by atoms with Gasteiger partial charge in [-0.05, 0) is 72.1 Å². The van der Waals surface area contributed by atoms with Crippen LogP contribution in [0.25, 0.3) is 10.9 Å². The van der Waals surface area contributed by atoms with E-state index in [0.29, 0.717) is 18.5 Å². The number of nitrogens with zero attached hydrogens (tertiary/aromatic N) is 2. The molecule has 7 nitrogen and oxygen atoms in total. The molecule has 218 valence electrons. The van der Waals surface area contributed by atoms with Crippen molar-refractivity contribution in [2.45, 2.75) is 57.5 Å². The molecule has 0 unspecified atom stereocenters. The number of sulfonamides is 1. The van der Waals surface area contributed by atoms with Crippen LogP contribution >= 0.6 is 0 Å². The molecular formula is C33H34FN3O4S. The van der Waals surface area contributed by atoms with Gasteiger partial charge < -0.3 is 9.88 Å². The Balaban J connectivity index is 1.23. The highest BCUT2D eigenvalue weighted by molar-refractivity contribution is 7.89. The van der Waals surface area contributed by atoms with Gasteiger partial charge in [-0.25, -0.2) is 12.8 Å². The molecule has 9 heteroatoms. The maximum Gasteiger partial charge on any atom is 0.296 e. The third-order valence-corrected chi connectivity index (χ3v) is 10.5. The summed E-state index contributed by atoms with van der Waals surface area (Å²) in [5.74, 6) is -1.93. The number of halogens is 1. The number of carbonyl (C=O) groups excluding carboxylic acids is 2. The molecule has 2 fully saturated rings. The Kier molecular flexibility index (Phi) is 6.85. The number of hydrogen-bond donors (Lipinski definition) is 1. The van der Waals surface area contributed by atoms with Crippen LogP contribution in [0.5, 0.6) is 0 Å². The fraction of sp³-hybridized carbons (Fsp3) is 0.333. The Hall–Kier alpha value is -3.82. The van der Waals surface area contributed by atoms with Crippen molar-refractivity contribution in [2.75, 3.05) is 11.9 Å². The van der Waals surface area contributed by atoms with E-state index in [-0.39, 0.29) is 38.8 Å². The number of anilines is 1. The fourth-order valence-electron chi connectivity index (χ4n) is 7.21. The number of aromatic nitrogens is 1. The smallest absolute Gasteiger partial charge is 0.296 e. The van der Waals surface area contributed by atoms with Gasteiger partial charge in [0, 0.05) is 41.9 Å². The number of hydrogen-bond acceptors (Lipinski definition) is 4. The number of Topliss-reactive ketones (excluding diaryl/α,β-unsaturated/α-hetero) is 1. The quantitative estimate of drug-likeness (QED) is 0.205. The first-order valence-corrected chi connectivity index (χ1v) is 15.6. The van der Waals surface area contributed by atoms with Crippen LogP contribution in [-0.2, 0) is 21.4 Å². The van der Waals surface area contributed by atoms with Crippen molar-refractivity contribution in [3.8, 4) is 0 Å². The molecule has 4 aromatic rings. The lowest BCUT2D eigenvalue weighted by molar-refractivity contribution is -0.112. The molecule has 1 aromatic heterocycles. The topological polar surface area (TPSA) is 88.5 Å². The van der Waals surface area contributed by atoms with Crippen LogP contribution in [0.4, 0.5) is 10.1 Å². The van der Waals surface area contributed by atoms with Gasteiger partial charge in [0.2, 0.25) is 10.0 Å². The molecule has 1 aliphatic carbocycles. The summed E-state index contributed by atoms with van der Waals surface area (Å²) in [4.78, 5) is 26.6. The highest BCUT2D eigenvalue weighted by atomic mass is 32.2. The lowest BCUT2D eigenvalue weighted by atomic mass is 9.65. The highest BCUT2D eigenvalue weighted by Gasteiger charge is 2.53. The third-order valence-electron chi connectivity index (χ3n) is 8.57. The van der Waals surface area contributed by atoms with Crippen LogP contribution < -0.4 is 5.32 Å². The number of fused-ring (bicyclic) bond motifs is 3. The molecule has 1 saturated carbocycles. The van der Waals surface area contributed by atoms with Gasteiger partial charge in [-0.1, -0.05) is 57.2 Å². The Morgan fingerprint density at radius 3 is 2.48 bits per heavy atom. The summed E-state index contributed by atoms with van der Waals surface area (Å²) in [6, 6.07) is 19.4. The maximum atomic E-state index is 13.8. The third kappa shape index (κ3) is 5.27. The van der Waals surface area contributed by atoms with Gasteiger partial charge in [-0.3, -0.25) is 9.59 Å². The van der Waals surface area contributed by atoms with Crippen LogP contribution in [0.2, 0.25) is 0 Å². The molecule has 2 aliphatic rings. The van der Waals surface area contributed by atoms with E-state index in [1.54, 1.807) is 46.9 Å². The van der Waals surface area contributed by atoms with Crippen LogP contribution in [-0.4, -0.2) is 41.6 Å². The number of carbonyl (C=O) groups is 2. The predicted molar refractivity (Wildman–Crippen MR) is 160 cm³/mol. The highest BCUT2D eigenvalue weighted by Crippen LogP contribution is 2.53. The molecule has 0 spiro atoms. The summed E-state index contributed by atoms with van der Waals surface area (Å²) in [5, 5.41) is 3.24. The molecule has 42 heavy (non-hydrogen) atoms. The van der Waals surface area contributed by atoms with E-state index >= 15 is 0 Å². The summed E-state index contributed by atoms with van der Waals surface area (Å²) in [7, 11) is -3.80. The zero-order chi connectivity index (χ0) is 29.9. The van der Waals surface area contributed by atoms with Gasteiger partial charge in [0.05, 0.1) is 10.5 Å². The molecule has 2 bridgehead atoms. The predicted octanol–water partition coefficient (Wildman–Crippen LogP) is 6.24. The van der Waals surface area contributed by atoms with E-state index in [2.05, 4.69) is 26.1 Å². The zero-order valence-corrected chi connectivity index (χ0v) is 24.7. The van der Waals surface area contributed by atoms with E-state index in [0.717, 1.165) is 30.3 Å². The summed E-state index contributed by atoms with van der Waals surface area (Å²) in [6.45, 7) is 7.42. The summed E-state index contributed by atoms with van der Waals surface area (Å²) in [6.07, 6.45) is 4.25. The number of ketones is 1. The fourth-order valence-corrected chi connectivity index (χ4v) is 9.03. The van der Waals surface area contributed by atoms with Crippen molar-refractivity contribution in [1.29, 1.82) is 0 Å². The van der Waals surface area contributed by atoms with Gasteiger partial charge in [-0.15, -0.1) is 0 Å². The van der Waals surface area contributed by atoms with Crippen LogP contribution in [0.1, 0.15) is 56.0 Å². The van der Waals surface area contributed by atoms with Gasteiger partial charge in [0.25, 0.3) is 11.7 Å². The molecule has 0 radical (unpaired) electrons. The Morgan fingerprint density at radius 2 is 1.71 bits per heavy atom. The monoisotopic (exact) mass is 587 g/mol. The SMILES string of the molecule is CC1(C)C[C@H]2C[C@@](C)(CN2S(=O)(=O)c2cccc(NC(=O)C(=O)c3cn(Cc4ccc(F)cc4)c4ccccc34)c2)C1. The number of benzene rings is 3. The second-order valence-corrected chi connectivity index (χ2v) is 14.8. The average Bonchev–Trinajstić information content (AvgIpc) is 3.43. The zero-order valence-electron chi connectivity index (χ0n) is 23.9. The van der Waals surface area contributed by atoms with Crippen molar-refractivity contribution in [1.82, 2.24) is 8.87 Å². The van der Waals surface area contributed by atoms with E-state index in [1.165, 1.54) is 24.3 Å². The standard InChI is InChI=1S/C33H34FN3O4S/c1-32(2)16-25-17-33(3,20-32)21-37(25)42(40,41)26-8-6-7-24(15-26)35-31(39)30(38)28-19-36(29-10-5-4-9-27(28)29)18-22-11-13-23(34)14-12-22/h4-15,19,25H,16-18,20-21H2,1-3H3,(H,35,39)/t25-,33+/m0/s1. The van der Waals surface area contributed by atoms with E-state index < -0.39 is 21.7 Å². The van der Waals surface area contributed by atoms with Crippen molar-refractivity contribution in [2.24, 2.45) is 10.8 Å². The largest absolute Gasteiger partial charge is 0.342 e. The number of rotatable bonds is 7. The van der Waals surface area contributed by atoms with Crippen molar-refractivity contribution in [3.05, 3.63) is 95.9 Å². The Morgan fingerprint density at radius 1 is 0.976 bits per heavy atom. The minimum Gasteiger partial charge on any atom is -0.342 e. The van der Waals surface area contributed by atoms with Gasteiger partial charge in [-0.2, -0.15) is 4.31 Å². The maximum absolute atomic E-state index is 13.8. The lowest BCUT2D eigenvalue weighted by Crippen LogP contribution is -2.37. The molecule has 6 rings (SSSR count). The molecule has 1 saturated heterocycles. The molecule has 3 aromatic carbocycles. The van der Waals surface area contributed by atoms with Crippen molar-refractivity contribution in [3.63, 3.8) is 0 Å². The van der Waals surface area contributed by atoms with Gasteiger partial charge in [0.1, 0.15) is 5.82 Å². The van der Waals surface area contributed by atoms with Crippen molar-refractivity contribution < 1.29 is 22.4 Å². The summed E-state index contributed by atoms with van der Waals surface area (Å²) < 4.78 is 44.4.